The van der Waals surface area contributed by atoms with E-state index in [0.717, 1.165) is 40.0 Å². The minimum absolute atomic E-state index is 0.0514. The van der Waals surface area contributed by atoms with Gasteiger partial charge in [0.1, 0.15) is 0 Å². The van der Waals surface area contributed by atoms with E-state index in [9.17, 15) is 4.79 Å². The summed E-state index contributed by atoms with van der Waals surface area (Å²) in [4.78, 5) is 14.5. The van der Waals surface area contributed by atoms with Crippen LogP contribution in [0.5, 0.6) is 0 Å². The summed E-state index contributed by atoms with van der Waals surface area (Å²) < 4.78 is 2.04. The lowest BCUT2D eigenvalue weighted by molar-refractivity contribution is -0.113. The van der Waals surface area contributed by atoms with Crippen molar-refractivity contribution in [2.75, 3.05) is 30.1 Å². The SMILES string of the molecule is CCn1c(SCC(=O)Nc2ccc(C)cc2C)nnc1-c1ccc(N(C)C)cc1. The summed E-state index contributed by atoms with van der Waals surface area (Å²) in [6.07, 6.45) is 0. The molecule has 0 radical (unpaired) electrons. The highest BCUT2D eigenvalue weighted by atomic mass is 32.2. The topological polar surface area (TPSA) is 63.1 Å². The van der Waals surface area contributed by atoms with Crippen LogP contribution < -0.4 is 10.2 Å². The number of hydrogen-bond donors (Lipinski definition) is 1. The first-order chi connectivity index (χ1) is 13.9. The average molecular weight is 410 g/mol. The first-order valence-corrected chi connectivity index (χ1v) is 10.6. The van der Waals surface area contributed by atoms with Crippen LogP contribution in [0.3, 0.4) is 0 Å². The van der Waals surface area contributed by atoms with E-state index in [4.69, 9.17) is 0 Å². The smallest absolute Gasteiger partial charge is 0.234 e. The molecule has 0 saturated carbocycles. The van der Waals surface area contributed by atoms with E-state index in [2.05, 4.69) is 45.5 Å². The molecular weight excluding hydrogens is 382 g/mol. The zero-order chi connectivity index (χ0) is 21.0. The molecule has 1 heterocycles. The highest BCUT2D eigenvalue weighted by Crippen LogP contribution is 2.26. The van der Waals surface area contributed by atoms with Crippen molar-refractivity contribution in [3.8, 4) is 11.4 Å². The van der Waals surface area contributed by atoms with E-state index in [1.165, 1.54) is 17.3 Å². The van der Waals surface area contributed by atoms with Crippen molar-refractivity contribution in [2.45, 2.75) is 32.5 Å². The second-order valence-electron chi connectivity index (χ2n) is 7.15. The maximum absolute atomic E-state index is 12.4. The first-order valence-electron chi connectivity index (χ1n) is 9.60. The van der Waals surface area contributed by atoms with Crippen molar-refractivity contribution in [1.82, 2.24) is 14.8 Å². The zero-order valence-electron chi connectivity index (χ0n) is 17.6. The quantitative estimate of drug-likeness (QED) is 0.587. The minimum Gasteiger partial charge on any atom is -0.378 e. The van der Waals surface area contributed by atoms with Gasteiger partial charge >= 0.3 is 0 Å². The molecule has 0 spiro atoms. The Kier molecular flexibility index (Phi) is 6.59. The van der Waals surface area contributed by atoms with E-state index in [1.54, 1.807) is 0 Å². The number of aromatic nitrogens is 3. The number of rotatable bonds is 7. The van der Waals surface area contributed by atoms with Crippen LogP contribution in [0.15, 0.2) is 47.6 Å². The lowest BCUT2D eigenvalue weighted by Crippen LogP contribution is -2.15. The predicted molar refractivity (Wildman–Crippen MR) is 121 cm³/mol. The molecule has 0 atom stereocenters. The fourth-order valence-corrected chi connectivity index (χ4v) is 3.88. The van der Waals surface area contributed by atoms with Gasteiger partial charge in [0.2, 0.25) is 5.91 Å². The van der Waals surface area contributed by atoms with Crippen LogP contribution in [0, 0.1) is 13.8 Å². The molecule has 0 bridgehead atoms. The predicted octanol–water partition coefficient (Wildman–Crippen LogP) is 4.38. The molecule has 2 aromatic carbocycles. The number of carbonyl (C=O) groups is 1. The van der Waals surface area contributed by atoms with Gasteiger partial charge in [-0.1, -0.05) is 29.5 Å². The average Bonchev–Trinajstić information content (AvgIpc) is 3.11. The number of anilines is 2. The Labute approximate surface area is 176 Å². The summed E-state index contributed by atoms with van der Waals surface area (Å²) >= 11 is 1.40. The maximum Gasteiger partial charge on any atom is 0.234 e. The zero-order valence-corrected chi connectivity index (χ0v) is 18.4. The Hall–Kier alpha value is -2.80. The van der Waals surface area contributed by atoms with Crippen LogP contribution in [0.1, 0.15) is 18.1 Å². The molecule has 0 unspecified atom stereocenters. The Morgan fingerprint density at radius 3 is 2.45 bits per heavy atom. The number of nitrogens with one attached hydrogen (secondary N) is 1. The van der Waals surface area contributed by atoms with Crippen LogP contribution in [-0.4, -0.2) is 40.5 Å². The molecule has 0 aliphatic rings. The molecule has 6 nitrogen and oxygen atoms in total. The van der Waals surface area contributed by atoms with Crippen molar-refractivity contribution in [3.63, 3.8) is 0 Å². The van der Waals surface area contributed by atoms with Crippen LogP contribution in [-0.2, 0) is 11.3 Å². The molecule has 1 amide bonds. The molecule has 152 valence electrons. The summed E-state index contributed by atoms with van der Waals surface area (Å²) in [5.41, 5.74) is 5.23. The largest absolute Gasteiger partial charge is 0.378 e. The van der Waals surface area contributed by atoms with Crippen molar-refractivity contribution in [3.05, 3.63) is 53.6 Å². The van der Waals surface area contributed by atoms with E-state index in [1.807, 2.05) is 56.8 Å². The number of carbonyl (C=O) groups excluding carboxylic acids is 1. The van der Waals surface area contributed by atoms with Gasteiger partial charge in [0.05, 0.1) is 5.75 Å². The first kappa shape index (κ1) is 20.9. The van der Waals surface area contributed by atoms with Crippen LogP contribution in [0.4, 0.5) is 11.4 Å². The number of thioether (sulfide) groups is 1. The molecule has 0 aliphatic heterocycles. The summed E-state index contributed by atoms with van der Waals surface area (Å²) in [5.74, 6) is 1.05. The second-order valence-corrected chi connectivity index (χ2v) is 8.09. The summed E-state index contributed by atoms with van der Waals surface area (Å²) in [6, 6.07) is 14.2. The maximum atomic E-state index is 12.4. The highest BCUT2D eigenvalue weighted by Gasteiger charge is 2.15. The van der Waals surface area contributed by atoms with E-state index in [0.29, 0.717) is 0 Å². The third kappa shape index (κ3) is 4.98. The third-order valence-electron chi connectivity index (χ3n) is 4.66. The van der Waals surface area contributed by atoms with Gasteiger partial charge in [-0.25, -0.2) is 0 Å². The highest BCUT2D eigenvalue weighted by molar-refractivity contribution is 7.99. The molecule has 3 aromatic rings. The molecular formula is C22H27N5OS. The molecule has 29 heavy (non-hydrogen) atoms. The summed E-state index contributed by atoms with van der Waals surface area (Å²) in [5, 5.41) is 12.4. The van der Waals surface area contributed by atoms with E-state index >= 15 is 0 Å². The summed E-state index contributed by atoms with van der Waals surface area (Å²) in [6.45, 7) is 6.83. The van der Waals surface area contributed by atoms with Crippen LogP contribution in [0.25, 0.3) is 11.4 Å². The van der Waals surface area contributed by atoms with Gasteiger partial charge in [0.15, 0.2) is 11.0 Å². The molecule has 7 heteroatoms. The number of aryl methyl sites for hydroxylation is 2. The van der Waals surface area contributed by atoms with Gasteiger partial charge in [0.25, 0.3) is 0 Å². The lowest BCUT2D eigenvalue weighted by Gasteiger charge is -2.13. The number of hydrogen-bond acceptors (Lipinski definition) is 5. The Morgan fingerprint density at radius 2 is 1.83 bits per heavy atom. The standard InChI is InChI=1S/C22H27N5OS/c1-6-27-21(17-8-10-18(11-9-17)26(4)5)24-25-22(27)29-14-20(28)23-19-12-7-15(2)13-16(19)3/h7-13H,6,14H2,1-5H3,(H,23,28). The van der Waals surface area contributed by atoms with Crippen molar-refractivity contribution >= 4 is 29.0 Å². The fourth-order valence-electron chi connectivity index (χ4n) is 3.07. The van der Waals surface area contributed by atoms with Crippen LogP contribution >= 0.6 is 11.8 Å². The number of amides is 1. The van der Waals surface area contributed by atoms with E-state index in [-0.39, 0.29) is 11.7 Å². The molecule has 0 saturated heterocycles. The van der Waals surface area contributed by atoms with Gasteiger partial charge < -0.3 is 14.8 Å². The van der Waals surface area contributed by atoms with Gasteiger partial charge in [-0.05, 0) is 56.7 Å². The lowest BCUT2D eigenvalue weighted by atomic mass is 10.1. The van der Waals surface area contributed by atoms with Crippen molar-refractivity contribution < 1.29 is 4.79 Å². The Balaban J connectivity index is 1.69. The Bertz CT molecular complexity index is 995. The monoisotopic (exact) mass is 409 g/mol. The van der Waals surface area contributed by atoms with Gasteiger partial charge in [-0.3, -0.25) is 4.79 Å². The minimum atomic E-state index is -0.0514. The second kappa shape index (κ2) is 9.13. The molecule has 3 rings (SSSR count). The molecule has 1 aromatic heterocycles. The third-order valence-corrected chi connectivity index (χ3v) is 5.63. The van der Waals surface area contributed by atoms with Gasteiger partial charge in [0, 0.05) is 37.6 Å². The van der Waals surface area contributed by atoms with Gasteiger partial charge in [-0.2, -0.15) is 0 Å². The Morgan fingerprint density at radius 1 is 1.10 bits per heavy atom. The number of nitrogens with zero attached hydrogens (tertiary/aromatic N) is 4. The normalized spacial score (nSPS) is 10.8. The van der Waals surface area contributed by atoms with Gasteiger partial charge in [-0.15, -0.1) is 10.2 Å². The summed E-state index contributed by atoms with van der Waals surface area (Å²) in [7, 11) is 4.03. The van der Waals surface area contributed by atoms with Crippen molar-refractivity contribution in [2.24, 2.45) is 0 Å². The van der Waals surface area contributed by atoms with Crippen LogP contribution in [0.2, 0.25) is 0 Å². The molecule has 0 fully saturated rings. The van der Waals surface area contributed by atoms with E-state index < -0.39 is 0 Å². The fraction of sp³-hybridized carbons (Fsp3) is 0.318. The molecule has 1 N–H and O–H groups in total. The molecule has 0 aliphatic carbocycles. The van der Waals surface area contributed by atoms with Crippen molar-refractivity contribution in [1.29, 1.82) is 0 Å². The number of benzene rings is 2.